The Morgan fingerprint density at radius 1 is 0.700 bits per heavy atom. The average molecular weight is 808 g/mol. The molecule has 3 heterocycles. The number of nitrogens with zero attached hydrogens (tertiary/aromatic N) is 4. The maximum atomic E-state index is 14.0. The van der Waals surface area contributed by atoms with Crippen molar-refractivity contribution in [1.29, 1.82) is 0 Å². The number of morpholine rings is 1. The van der Waals surface area contributed by atoms with Crippen molar-refractivity contribution < 1.29 is 9.16 Å². The largest absolute Gasteiger partial charge is 0.405 e. The van der Waals surface area contributed by atoms with Gasteiger partial charge in [-0.25, -0.2) is 9.78 Å². The van der Waals surface area contributed by atoms with Crippen LogP contribution in [0.5, 0.6) is 0 Å². The standard InChI is InChI=1S/C51H49N5O3Si/c1-50(2,3)60(45-28-15-7-16-29-45,46-30-17-8-18-31-46)58-38-44-36-55(37-47(59-44)56-35-39(48(52)54-49(56)57)32-33-43-27-19-20-34-53-43)51(40-21-9-4-10-22-40,41-23-11-5-12-24-41)42-25-13-6-14-26-42/h4-31,34-35,44,47H,36-38H2,1-3H3,(H2,52,54,57)/t44-,47+/m0/s1. The second-order valence-electron chi connectivity index (χ2n) is 16.1. The fraction of sp³-hybridized carbons (Fsp3) is 0.196. The molecule has 0 radical (unpaired) electrons. The Labute approximate surface area is 353 Å². The summed E-state index contributed by atoms with van der Waals surface area (Å²) in [7, 11) is -2.98. The number of pyridine rings is 1. The highest BCUT2D eigenvalue weighted by Crippen LogP contribution is 2.45. The molecule has 0 unspecified atom stereocenters. The molecule has 0 saturated carbocycles. The van der Waals surface area contributed by atoms with E-state index in [1.54, 1.807) is 12.4 Å². The average Bonchev–Trinajstić information content (AvgIpc) is 3.28. The summed E-state index contributed by atoms with van der Waals surface area (Å²) in [6.45, 7) is 7.89. The first-order valence-electron chi connectivity index (χ1n) is 20.3. The van der Waals surface area contributed by atoms with Crippen LogP contribution >= 0.6 is 0 Å². The maximum absolute atomic E-state index is 14.0. The Kier molecular flexibility index (Phi) is 11.7. The van der Waals surface area contributed by atoms with E-state index in [1.165, 1.54) is 14.9 Å². The summed E-state index contributed by atoms with van der Waals surface area (Å²) < 4.78 is 16.2. The quantitative estimate of drug-likeness (QED) is 0.0876. The minimum atomic E-state index is -2.98. The van der Waals surface area contributed by atoms with Crippen molar-refractivity contribution in [3.05, 3.63) is 221 Å². The van der Waals surface area contributed by atoms with Gasteiger partial charge in [0.25, 0.3) is 8.32 Å². The minimum Gasteiger partial charge on any atom is -0.405 e. The molecule has 0 amide bonds. The van der Waals surface area contributed by atoms with Gasteiger partial charge in [0.2, 0.25) is 0 Å². The molecule has 1 saturated heterocycles. The number of anilines is 1. The molecular weight excluding hydrogens is 759 g/mol. The van der Waals surface area contributed by atoms with Gasteiger partial charge in [0.1, 0.15) is 11.5 Å². The first-order chi connectivity index (χ1) is 29.2. The van der Waals surface area contributed by atoms with E-state index in [0.29, 0.717) is 24.3 Å². The lowest BCUT2D eigenvalue weighted by Crippen LogP contribution is -2.67. The Hall–Kier alpha value is -6.41. The summed E-state index contributed by atoms with van der Waals surface area (Å²) in [6, 6.07) is 58.5. The summed E-state index contributed by atoms with van der Waals surface area (Å²) in [4.78, 5) is 25.1. The lowest BCUT2D eigenvalue weighted by atomic mass is 9.75. The predicted molar refractivity (Wildman–Crippen MR) is 241 cm³/mol. The van der Waals surface area contributed by atoms with Crippen LogP contribution in [0.3, 0.4) is 0 Å². The molecular formula is C51H49N5O3Si. The van der Waals surface area contributed by atoms with Crippen LogP contribution in [0, 0.1) is 11.8 Å². The fourth-order valence-corrected chi connectivity index (χ4v) is 13.3. The van der Waals surface area contributed by atoms with E-state index in [-0.39, 0.29) is 17.5 Å². The van der Waals surface area contributed by atoms with E-state index in [0.717, 1.165) is 16.7 Å². The van der Waals surface area contributed by atoms with E-state index in [1.807, 2.05) is 48.5 Å². The van der Waals surface area contributed by atoms with Crippen LogP contribution in [0.4, 0.5) is 5.82 Å². The fourth-order valence-electron chi connectivity index (χ4n) is 8.75. The molecule has 8 rings (SSSR count). The van der Waals surface area contributed by atoms with Gasteiger partial charge in [-0.05, 0) is 50.2 Å². The molecule has 7 aromatic rings. The highest BCUT2D eigenvalue weighted by atomic mass is 28.4. The van der Waals surface area contributed by atoms with Crippen molar-refractivity contribution in [3.8, 4) is 11.8 Å². The first kappa shape index (κ1) is 40.4. The summed E-state index contributed by atoms with van der Waals surface area (Å²) in [5.41, 5.74) is 9.27. The molecule has 9 heteroatoms. The molecule has 0 bridgehead atoms. The Morgan fingerprint density at radius 3 is 1.68 bits per heavy atom. The van der Waals surface area contributed by atoms with Gasteiger partial charge in [-0.2, -0.15) is 4.98 Å². The first-order valence-corrected chi connectivity index (χ1v) is 22.2. The predicted octanol–water partition coefficient (Wildman–Crippen LogP) is 7.39. The van der Waals surface area contributed by atoms with Crippen LogP contribution in [0.25, 0.3) is 0 Å². The number of hydrogen-bond acceptors (Lipinski definition) is 7. The van der Waals surface area contributed by atoms with Crippen molar-refractivity contribution in [3.63, 3.8) is 0 Å². The molecule has 5 aromatic carbocycles. The van der Waals surface area contributed by atoms with Crippen molar-refractivity contribution >= 4 is 24.5 Å². The molecule has 0 aliphatic carbocycles. The molecule has 8 nitrogen and oxygen atoms in total. The molecule has 2 N–H and O–H groups in total. The SMILES string of the molecule is CC(C)(C)[Si](OC[C@@H]1CN(C(c2ccccc2)(c2ccccc2)c2ccccc2)C[C@H](n2cc(C#Cc3ccccn3)c(N)nc2=O)O1)(c1ccccc1)c1ccccc1. The van der Waals surface area contributed by atoms with Gasteiger partial charge in [0.05, 0.1) is 23.8 Å². The molecule has 1 aliphatic rings. The number of ether oxygens (including phenoxy) is 1. The third-order valence-electron chi connectivity index (χ3n) is 11.4. The third kappa shape index (κ3) is 7.86. The van der Waals surface area contributed by atoms with Gasteiger partial charge in [-0.15, -0.1) is 0 Å². The van der Waals surface area contributed by atoms with Crippen molar-refractivity contribution in [2.24, 2.45) is 0 Å². The van der Waals surface area contributed by atoms with Crippen LogP contribution in [-0.4, -0.2) is 53.6 Å². The highest BCUT2D eigenvalue weighted by Gasteiger charge is 2.52. The summed E-state index contributed by atoms with van der Waals surface area (Å²) in [5.74, 6) is 6.24. The second kappa shape index (κ2) is 17.4. The lowest BCUT2D eigenvalue weighted by Gasteiger charge is -2.51. The summed E-state index contributed by atoms with van der Waals surface area (Å²) in [5, 5.41) is 2.09. The van der Waals surface area contributed by atoms with E-state index >= 15 is 0 Å². The Bertz CT molecular complexity index is 2480. The molecule has 1 aliphatic heterocycles. The molecule has 1 fully saturated rings. The molecule has 2 aromatic heterocycles. The van der Waals surface area contributed by atoms with Crippen LogP contribution < -0.4 is 21.8 Å². The topological polar surface area (TPSA) is 95.5 Å². The van der Waals surface area contributed by atoms with Crippen molar-refractivity contribution in [1.82, 2.24) is 19.4 Å². The van der Waals surface area contributed by atoms with Crippen LogP contribution in [0.1, 0.15) is 54.9 Å². The molecule has 2 atom stereocenters. The zero-order valence-corrected chi connectivity index (χ0v) is 35.2. The monoisotopic (exact) mass is 807 g/mol. The van der Waals surface area contributed by atoms with Gasteiger partial charge >= 0.3 is 5.69 Å². The molecule has 60 heavy (non-hydrogen) atoms. The zero-order valence-electron chi connectivity index (χ0n) is 34.2. The zero-order chi connectivity index (χ0) is 41.6. The van der Waals surface area contributed by atoms with Gasteiger partial charge in [-0.3, -0.25) is 9.47 Å². The second-order valence-corrected chi connectivity index (χ2v) is 20.4. The van der Waals surface area contributed by atoms with Crippen LogP contribution in [-0.2, 0) is 14.7 Å². The van der Waals surface area contributed by atoms with Crippen LogP contribution in [0.2, 0.25) is 5.04 Å². The summed E-state index contributed by atoms with van der Waals surface area (Å²) >= 11 is 0. The van der Waals surface area contributed by atoms with Crippen molar-refractivity contribution in [2.45, 2.75) is 43.7 Å². The van der Waals surface area contributed by atoms with Gasteiger partial charge < -0.3 is 14.9 Å². The minimum absolute atomic E-state index is 0.0473. The van der Waals surface area contributed by atoms with Crippen molar-refractivity contribution in [2.75, 3.05) is 25.4 Å². The smallest absolute Gasteiger partial charge is 0.351 e. The Balaban J connectivity index is 1.30. The number of nitrogens with two attached hydrogens (primary N) is 1. The number of hydrogen-bond donors (Lipinski definition) is 1. The van der Waals surface area contributed by atoms with E-state index in [9.17, 15) is 4.79 Å². The number of aromatic nitrogens is 3. The van der Waals surface area contributed by atoms with E-state index in [4.69, 9.17) is 14.9 Å². The lowest BCUT2D eigenvalue weighted by molar-refractivity contribution is -0.149. The van der Waals surface area contributed by atoms with E-state index < -0.39 is 31.9 Å². The number of benzene rings is 5. The molecule has 300 valence electrons. The van der Waals surface area contributed by atoms with Crippen LogP contribution in [0.15, 0.2) is 187 Å². The maximum Gasteiger partial charge on any atom is 0.351 e. The van der Waals surface area contributed by atoms with Gasteiger partial charge in [0.15, 0.2) is 6.23 Å². The van der Waals surface area contributed by atoms with Gasteiger partial charge in [0, 0.05) is 25.5 Å². The number of rotatable bonds is 10. The third-order valence-corrected chi connectivity index (χ3v) is 16.4. The number of nitrogen functional groups attached to an aromatic ring is 1. The molecule has 0 spiro atoms. The van der Waals surface area contributed by atoms with Gasteiger partial charge in [-0.1, -0.05) is 184 Å². The van der Waals surface area contributed by atoms with E-state index in [2.05, 4.69) is 169 Å². The normalized spacial score (nSPS) is 16.1. The Morgan fingerprint density at radius 2 is 1.20 bits per heavy atom. The summed E-state index contributed by atoms with van der Waals surface area (Å²) in [6.07, 6.45) is 2.07. The highest BCUT2D eigenvalue weighted by molar-refractivity contribution is 6.99.